The molecule has 0 amide bonds. The second-order valence-electron chi connectivity index (χ2n) is 7.03. The van der Waals surface area contributed by atoms with Crippen molar-refractivity contribution in [2.45, 2.75) is 32.6 Å². The highest BCUT2D eigenvalue weighted by atomic mass is 32.1. The van der Waals surface area contributed by atoms with Crippen molar-refractivity contribution in [3.63, 3.8) is 0 Å². The number of para-hydroxylation sites is 1. The Kier molecular flexibility index (Phi) is 4.34. The van der Waals surface area contributed by atoms with Crippen LogP contribution in [0, 0.1) is 13.8 Å². The quantitative estimate of drug-likeness (QED) is 0.598. The largest absolute Gasteiger partial charge is 0.371 e. The van der Waals surface area contributed by atoms with Crippen molar-refractivity contribution in [2.75, 3.05) is 13.1 Å². The van der Waals surface area contributed by atoms with E-state index in [0.717, 1.165) is 37.1 Å². The summed E-state index contributed by atoms with van der Waals surface area (Å²) >= 11 is 1.86. The molecule has 0 N–H and O–H groups in total. The lowest BCUT2D eigenvalue weighted by atomic mass is 9.96. The maximum atomic E-state index is 4.86. The number of rotatable bonds is 3. The first-order valence-corrected chi connectivity index (χ1v) is 9.80. The zero-order chi connectivity index (χ0) is 17.4. The van der Waals surface area contributed by atoms with Crippen molar-refractivity contribution in [3.05, 3.63) is 70.7 Å². The highest BCUT2D eigenvalue weighted by molar-refractivity contribution is 7.18. The van der Waals surface area contributed by atoms with Crippen molar-refractivity contribution in [1.29, 1.82) is 0 Å². The molecule has 4 rings (SSSR count). The van der Waals surface area contributed by atoms with Gasteiger partial charge in [0, 0.05) is 24.7 Å². The molecule has 0 radical (unpaired) electrons. The summed E-state index contributed by atoms with van der Waals surface area (Å²) in [7, 11) is 0. The van der Waals surface area contributed by atoms with Crippen LogP contribution in [0.5, 0.6) is 0 Å². The fraction of sp³-hybridized carbons (Fsp3) is 0.318. The van der Waals surface area contributed by atoms with E-state index in [-0.39, 0.29) is 0 Å². The topological polar surface area (TPSA) is 16.1 Å². The molecule has 0 saturated carbocycles. The van der Waals surface area contributed by atoms with Gasteiger partial charge < -0.3 is 4.90 Å². The Balaban J connectivity index is 1.45. The van der Waals surface area contributed by atoms with E-state index in [9.17, 15) is 0 Å². The van der Waals surface area contributed by atoms with Crippen molar-refractivity contribution in [1.82, 2.24) is 9.88 Å². The minimum Gasteiger partial charge on any atom is -0.371 e. The van der Waals surface area contributed by atoms with E-state index < -0.39 is 0 Å². The molecule has 0 spiro atoms. The van der Waals surface area contributed by atoms with E-state index in [0.29, 0.717) is 5.92 Å². The Hall–Kier alpha value is -2.13. The third-order valence-corrected chi connectivity index (χ3v) is 6.58. The predicted molar refractivity (Wildman–Crippen MR) is 108 cm³/mol. The summed E-state index contributed by atoms with van der Waals surface area (Å²) in [6.45, 7) is 10.8. The van der Waals surface area contributed by atoms with Gasteiger partial charge in [-0.1, -0.05) is 30.8 Å². The molecule has 1 aliphatic heterocycles. The average molecular weight is 349 g/mol. The molecule has 1 aromatic heterocycles. The van der Waals surface area contributed by atoms with Crippen LogP contribution in [-0.4, -0.2) is 23.0 Å². The van der Waals surface area contributed by atoms with Gasteiger partial charge in [-0.2, -0.15) is 0 Å². The zero-order valence-corrected chi connectivity index (χ0v) is 15.8. The third-order valence-electron chi connectivity index (χ3n) is 5.38. The van der Waals surface area contributed by atoms with Crippen LogP contribution in [0.15, 0.2) is 49.0 Å². The summed E-state index contributed by atoms with van der Waals surface area (Å²) in [6, 6.07) is 15.1. The molecule has 2 heterocycles. The fourth-order valence-corrected chi connectivity index (χ4v) is 4.70. The normalized spacial score (nSPS) is 15.7. The molecular weight excluding hydrogens is 324 g/mol. The number of fused-ring (bicyclic) bond motifs is 1. The predicted octanol–water partition coefficient (Wildman–Crippen LogP) is 5.76. The summed E-state index contributed by atoms with van der Waals surface area (Å²) in [6.07, 6.45) is 2.31. The highest BCUT2D eigenvalue weighted by Crippen LogP contribution is 2.35. The van der Waals surface area contributed by atoms with Gasteiger partial charge >= 0.3 is 0 Å². The summed E-state index contributed by atoms with van der Waals surface area (Å²) in [5, 5.41) is 1.30. The number of benzene rings is 2. The SMILES string of the molecule is C=C(c1ccc(C)c(C)c1)N1CCC(c2nc3ccccc3s2)CC1. The van der Waals surface area contributed by atoms with E-state index in [2.05, 4.69) is 67.8 Å². The molecule has 128 valence electrons. The minimum absolute atomic E-state index is 0.584. The maximum Gasteiger partial charge on any atom is 0.0970 e. The van der Waals surface area contributed by atoms with Crippen molar-refractivity contribution >= 4 is 27.3 Å². The van der Waals surface area contributed by atoms with Crippen LogP contribution in [0.4, 0.5) is 0 Å². The van der Waals surface area contributed by atoms with Crippen LogP contribution in [0.1, 0.15) is 40.5 Å². The first-order chi connectivity index (χ1) is 12.1. The first kappa shape index (κ1) is 16.3. The van der Waals surface area contributed by atoms with Gasteiger partial charge in [0.1, 0.15) is 0 Å². The van der Waals surface area contributed by atoms with Gasteiger partial charge in [-0.3, -0.25) is 0 Å². The Bertz CT molecular complexity index is 884. The summed E-state index contributed by atoms with van der Waals surface area (Å²) in [5.41, 5.74) is 6.23. The molecule has 1 fully saturated rings. The molecule has 1 aliphatic rings. The fourth-order valence-electron chi connectivity index (χ4n) is 3.56. The van der Waals surface area contributed by atoms with Gasteiger partial charge in [-0.15, -0.1) is 11.3 Å². The number of aryl methyl sites for hydroxylation is 2. The van der Waals surface area contributed by atoms with Gasteiger partial charge in [0.25, 0.3) is 0 Å². The van der Waals surface area contributed by atoms with Crippen LogP contribution in [0.3, 0.4) is 0 Å². The lowest BCUT2D eigenvalue weighted by molar-refractivity contribution is 0.299. The van der Waals surface area contributed by atoms with Crippen LogP contribution in [-0.2, 0) is 0 Å². The van der Waals surface area contributed by atoms with Crippen LogP contribution < -0.4 is 0 Å². The number of piperidine rings is 1. The van der Waals surface area contributed by atoms with Gasteiger partial charge in [-0.05, 0) is 61.6 Å². The molecule has 2 aromatic carbocycles. The Labute approximate surface area is 153 Å². The van der Waals surface area contributed by atoms with Gasteiger partial charge in [-0.25, -0.2) is 4.98 Å². The second kappa shape index (κ2) is 6.64. The van der Waals surface area contributed by atoms with Crippen molar-refractivity contribution in [3.8, 4) is 0 Å². The number of nitrogens with zero attached hydrogens (tertiary/aromatic N) is 2. The van der Waals surface area contributed by atoms with Crippen molar-refractivity contribution < 1.29 is 0 Å². The molecule has 25 heavy (non-hydrogen) atoms. The van der Waals surface area contributed by atoms with Gasteiger partial charge in [0.05, 0.1) is 15.2 Å². The molecule has 2 nitrogen and oxygen atoms in total. The Morgan fingerprint density at radius 2 is 1.84 bits per heavy atom. The number of likely N-dealkylation sites (tertiary alicyclic amines) is 1. The second-order valence-corrected chi connectivity index (χ2v) is 8.09. The molecule has 0 unspecified atom stereocenters. The Morgan fingerprint density at radius 1 is 1.08 bits per heavy atom. The van der Waals surface area contributed by atoms with Crippen LogP contribution in [0.25, 0.3) is 15.9 Å². The summed E-state index contributed by atoms with van der Waals surface area (Å²) < 4.78 is 1.31. The van der Waals surface area contributed by atoms with E-state index in [4.69, 9.17) is 4.98 Å². The number of aromatic nitrogens is 1. The summed E-state index contributed by atoms with van der Waals surface area (Å²) in [5.74, 6) is 0.584. The van der Waals surface area contributed by atoms with Gasteiger partial charge in [0.15, 0.2) is 0 Å². The maximum absolute atomic E-state index is 4.86. The van der Waals surface area contributed by atoms with Crippen molar-refractivity contribution in [2.24, 2.45) is 0 Å². The van der Waals surface area contributed by atoms with E-state index in [1.165, 1.54) is 26.4 Å². The standard InChI is InChI=1S/C22H24N2S/c1-15-8-9-19(14-16(15)2)17(3)24-12-10-18(11-13-24)22-23-20-6-4-5-7-21(20)25-22/h4-9,14,18H,3,10-13H2,1-2H3. The molecule has 0 bridgehead atoms. The van der Waals surface area contributed by atoms with E-state index >= 15 is 0 Å². The molecule has 3 heteroatoms. The summed E-state index contributed by atoms with van der Waals surface area (Å²) in [4.78, 5) is 7.30. The van der Waals surface area contributed by atoms with Gasteiger partial charge in [0.2, 0.25) is 0 Å². The number of hydrogen-bond acceptors (Lipinski definition) is 3. The number of thiazole rings is 1. The molecular formula is C22H24N2S. The van der Waals surface area contributed by atoms with Crippen LogP contribution in [0.2, 0.25) is 0 Å². The monoisotopic (exact) mass is 348 g/mol. The van der Waals surface area contributed by atoms with E-state index in [1.54, 1.807) is 0 Å². The highest BCUT2D eigenvalue weighted by Gasteiger charge is 2.24. The molecule has 3 aromatic rings. The average Bonchev–Trinajstić information content (AvgIpc) is 3.08. The smallest absolute Gasteiger partial charge is 0.0970 e. The lowest BCUT2D eigenvalue weighted by Gasteiger charge is -2.34. The first-order valence-electron chi connectivity index (χ1n) is 8.99. The lowest BCUT2D eigenvalue weighted by Crippen LogP contribution is -2.31. The Morgan fingerprint density at radius 3 is 2.56 bits per heavy atom. The number of hydrogen-bond donors (Lipinski definition) is 0. The zero-order valence-electron chi connectivity index (χ0n) is 15.0. The molecule has 0 atom stereocenters. The minimum atomic E-state index is 0.584. The molecule has 1 saturated heterocycles. The van der Waals surface area contributed by atoms with E-state index in [1.807, 2.05) is 11.3 Å². The third kappa shape index (κ3) is 3.21. The molecule has 0 aliphatic carbocycles. The van der Waals surface area contributed by atoms with Crippen LogP contribution >= 0.6 is 11.3 Å².